The fourth-order valence-electron chi connectivity index (χ4n) is 2.97. The molecule has 0 bridgehead atoms. The van der Waals surface area contributed by atoms with Crippen molar-refractivity contribution in [2.24, 2.45) is 17.6 Å². The van der Waals surface area contributed by atoms with Crippen molar-refractivity contribution in [1.82, 2.24) is 0 Å². The zero-order valence-electron chi connectivity index (χ0n) is 10.7. The Hall–Kier alpha value is -0.820. The van der Waals surface area contributed by atoms with Crippen molar-refractivity contribution in [2.45, 2.75) is 45.6 Å². The van der Waals surface area contributed by atoms with Gasteiger partial charge in [-0.05, 0) is 30.7 Å². The van der Waals surface area contributed by atoms with Crippen molar-refractivity contribution < 1.29 is 0 Å². The molecule has 16 heavy (non-hydrogen) atoms. The number of hydrogen-bond donors (Lipinski definition) is 1. The summed E-state index contributed by atoms with van der Waals surface area (Å²) in [6, 6.07) is 8.78. The van der Waals surface area contributed by atoms with Crippen LogP contribution in [-0.4, -0.2) is 0 Å². The Labute approximate surface area is 99.0 Å². The summed E-state index contributed by atoms with van der Waals surface area (Å²) in [4.78, 5) is 0. The van der Waals surface area contributed by atoms with Gasteiger partial charge in [0.05, 0.1) is 0 Å². The molecule has 0 amide bonds. The van der Waals surface area contributed by atoms with Gasteiger partial charge in [0, 0.05) is 5.54 Å². The molecule has 1 nitrogen and oxygen atoms in total. The molecule has 0 aromatic heterocycles. The highest BCUT2D eigenvalue weighted by Gasteiger charge is 2.39. The summed E-state index contributed by atoms with van der Waals surface area (Å²) in [5.41, 5.74) is 9.18. The molecule has 0 heterocycles. The molecule has 1 heteroatoms. The Morgan fingerprint density at radius 1 is 1.19 bits per heavy atom. The van der Waals surface area contributed by atoms with Gasteiger partial charge in [0.15, 0.2) is 0 Å². The number of nitrogens with two attached hydrogens (primary N) is 1. The molecule has 1 aliphatic carbocycles. The molecule has 1 fully saturated rings. The van der Waals surface area contributed by atoms with Gasteiger partial charge in [-0.2, -0.15) is 0 Å². The van der Waals surface area contributed by atoms with Crippen LogP contribution in [0.15, 0.2) is 24.3 Å². The predicted octanol–water partition coefficient (Wildman–Crippen LogP) is 3.61. The van der Waals surface area contributed by atoms with Crippen LogP contribution in [0.1, 0.15) is 44.2 Å². The SMILES string of the molecule is Cc1ccc(C2(N)CCCC(C)C2C)cc1. The summed E-state index contributed by atoms with van der Waals surface area (Å²) < 4.78 is 0. The largest absolute Gasteiger partial charge is 0.321 e. The van der Waals surface area contributed by atoms with E-state index in [2.05, 4.69) is 45.0 Å². The molecule has 1 saturated carbocycles. The van der Waals surface area contributed by atoms with Crippen molar-refractivity contribution in [3.8, 4) is 0 Å². The molecule has 1 aromatic carbocycles. The third-order valence-corrected chi connectivity index (χ3v) is 4.51. The highest BCUT2D eigenvalue weighted by molar-refractivity contribution is 5.29. The van der Waals surface area contributed by atoms with Gasteiger partial charge < -0.3 is 5.73 Å². The van der Waals surface area contributed by atoms with E-state index in [0.29, 0.717) is 5.92 Å². The van der Waals surface area contributed by atoms with Crippen LogP contribution >= 0.6 is 0 Å². The van der Waals surface area contributed by atoms with Gasteiger partial charge in [-0.25, -0.2) is 0 Å². The molecular formula is C15H23N. The van der Waals surface area contributed by atoms with Gasteiger partial charge >= 0.3 is 0 Å². The normalized spacial score (nSPS) is 35.0. The van der Waals surface area contributed by atoms with E-state index < -0.39 is 0 Å². The van der Waals surface area contributed by atoms with Gasteiger partial charge in [-0.1, -0.05) is 56.5 Å². The average Bonchev–Trinajstić information content (AvgIpc) is 2.27. The number of rotatable bonds is 1. The van der Waals surface area contributed by atoms with Crippen LogP contribution in [0.3, 0.4) is 0 Å². The average molecular weight is 217 g/mol. The van der Waals surface area contributed by atoms with E-state index in [0.717, 1.165) is 12.3 Å². The highest BCUT2D eigenvalue weighted by atomic mass is 14.8. The first-order chi connectivity index (χ1) is 7.54. The zero-order valence-corrected chi connectivity index (χ0v) is 10.7. The minimum absolute atomic E-state index is 0.106. The molecule has 2 N–H and O–H groups in total. The van der Waals surface area contributed by atoms with Gasteiger partial charge in [-0.15, -0.1) is 0 Å². The van der Waals surface area contributed by atoms with Gasteiger partial charge in [-0.3, -0.25) is 0 Å². The molecule has 88 valence electrons. The monoisotopic (exact) mass is 217 g/mol. The molecule has 3 unspecified atom stereocenters. The van der Waals surface area contributed by atoms with Crippen LogP contribution in [-0.2, 0) is 5.54 Å². The molecule has 0 aliphatic heterocycles. The number of benzene rings is 1. The summed E-state index contributed by atoms with van der Waals surface area (Å²) in [5.74, 6) is 1.31. The van der Waals surface area contributed by atoms with Crippen LogP contribution in [0.25, 0.3) is 0 Å². The second-order valence-electron chi connectivity index (χ2n) is 5.56. The lowest BCUT2D eigenvalue weighted by atomic mass is 9.66. The second-order valence-corrected chi connectivity index (χ2v) is 5.56. The first-order valence-corrected chi connectivity index (χ1v) is 6.40. The van der Waals surface area contributed by atoms with E-state index in [4.69, 9.17) is 5.73 Å². The van der Waals surface area contributed by atoms with Gasteiger partial charge in [0.25, 0.3) is 0 Å². The van der Waals surface area contributed by atoms with Crippen LogP contribution in [0, 0.1) is 18.8 Å². The fourth-order valence-corrected chi connectivity index (χ4v) is 2.97. The van der Waals surface area contributed by atoms with E-state index in [1.165, 1.54) is 24.0 Å². The highest BCUT2D eigenvalue weighted by Crippen LogP contribution is 2.42. The van der Waals surface area contributed by atoms with E-state index in [-0.39, 0.29) is 5.54 Å². The topological polar surface area (TPSA) is 26.0 Å². The van der Waals surface area contributed by atoms with Crippen LogP contribution in [0.5, 0.6) is 0 Å². The van der Waals surface area contributed by atoms with Crippen molar-refractivity contribution in [2.75, 3.05) is 0 Å². The smallest absolute Gasteiger partial charge is 0.0438 e. The molecule has 1 aromatic rings. The lowest BCUT2D eigenvalue weighted by Crippen LogP contribution is -2.48. The molecule has 2 rings (SSSR count). The van der Waals surface area contributed by atoms with E-state index in [9.17, 15) is 0 Å². The molecule has 0 spiro atoms. The summed E-state index contributed by atoms with van der Waals surface area (Å²) >= 11 is 0. The summed E-state index contributed by atoms with van der Waals surface area (Å²) in [7, 11) is 0. The Kier molecular flexibility index (Phi) is 3.07. The lowest BCUT2D eigenvalue weighted by molar-refractivity contribution is 0.144. The van der Waals surface area contributed by atoms with Crippen LogP contribution in [0.4, 0.5) is 0 Å². The second kappa shape index (κ2) is 4.21. The number of hydrogen-bond acceptors (Lipinski definition) is 1. The summed E-state index contributed by atoms with van der Waals surface area (Å²) in [6.45, 7) is 6.77. The first-order valence-electron chi connectivity index (χ1n) is 6.40. The summed E-state index contributed by atoms with van der Waals surface area (Å²) in [6.07, 6.45) is 3.71. The fraction of sp³-hybridized carbons (Fsp3) is 0.600. The maximum absolute atomic E-state index is 6.66. The molecule has 1 aliphatic rings. The number of aryl methyl sites for hydroxylation is 1. The quantitative estimate of drug-likeness (QED) is 0.764. The van der Waals surface area contributed by atoms with E-state index in [1.54, 1.807) is 0 Å². The minimum Gasteiger partial charge on any atom is -0.321 e. The van der Waals surface area contributed by atoms with Crippen molar-refractivity contribution in [3.05, 3.63) is 35.4 Å². The zero-order chi connectivity index (χ0) is 11.8. The predicted molar refractivity (Wildman–Crippen MR) is 69.2 cm³/mol. The Morgan fingerprint density at radius 2 is 1.81 bits per heavy atom. The Morgan fingerprint density at radius 3 is 2.44 bits per heavy atom. The van der Waals surface area contributed by atoms with Crippen molar-refractivity contribution in [3.63, 3.8) is 0 Å². The maximum Gasteiger partial charge on any atom is 0.0438 e. The van der Waals surface area contributed by atoms with Crippen LogP contribution < -0.4 is 5.73 Å². The van der Waals surface area contributed by atoms with Gasteiger partial charge in [0.2, 0.25) is 0 Å². The maximum atomic E-state index is 6.66. The Balaban J connectivity index is 2.33. The third kappa shape index (κ3) is 1.89. The minimum atomic E-state index is -0.106. The van der Waals surface area contributed by atoms with Crippen molar-refractivity contribution in [1.29, 1.82) is 0 Å². The molecule has 3 atom stereocenters. The Bertz CT molecular complexity index is 354. The van der Waals surface area contributed by atoms with Crippen molar-refractivity contribution >= 4 is 0 Å². The molecular weight excluding hydrogens is 194 g/mol. The van der Waals surface area contributed by atoms with E-state index >= 15 is 0 Å². The molecule has 0 saturated heterocycles. The van der Waals surface area contributed by atoms with Gasteiger partial charge in [0.1, 0.15) is 0 Å². The standard InChI is InChI=1S/C15H23N/c1-11-6-8-14(9-7-11)15(16)10-4-5-12(2)13(15)3/h6-9,12-13H,4-5,10,16H2,1-3H3. The third-order valence-electron chi connectivity index (χ3n) is 4.51. The molecule has 0 radical (unpaired) electrons. The summed E-state index contributed by atoms with van der Waals surface area (Å²) in [5, 5.41) is 0. The lowest BCUT2D eigenvalue weighted by Gasteiger charge is -2.43. The first kappa shape index (κ1) is 11.7. The van der Waals surface area contributed by atoms with Crippen LogP contribution in [0.2, 0.25) is 0 Å². The van der Waals surface area contributed by atoms with E-state index in [1.807, 2.05) is 0 Å².